The Hall–Kier alpha value is -0.0800. The molecule has 2 aliphatic rings. The first-order chi connectivity index (χ1) is 7.26. The first kappa shape index (κ1) is 11.4. The minimum absolute atomic E-state index is 0.429. The second kappa shape index (κ2) is 4.42. The van der Waals surface area contributed by atoms with Gasteiger partial charge >= 0.3 is 0 Å². The van der Waals surface area contributed by atoms with Crippen LogP contribution in [0.3, 0.4) is 0 Å². The molecule has 2 nitrogen and oxygen atoms in total. The third kappa shape index (κ3) is 1.94. The number of ether oxygens (including phenoxy) is 1. The van der Waals surface area contributed by atoms with Crippen LogP contribution in [0.5, 0.6) is 0 Å². The Bertz CT molecular complexity index is 209. The molecule has 0 saturated heterocycles. The van der Waals surface area contributed by atoms with E-state index < -0.39 is 0 Å². The van der Waals surface area contributed by atoms with Crippen LogP contribution < -0.4 is 5.32 Å². The highest BCUT2D eigenvalue weighted by atomic mass is 16.5. The Labute approximate surface area is 93.8 Å². The maximum absolute atomic E-state index is 5.87. The molecule has 0 spiro atoms. The molecule has 0 amide bonds. The second-order valence-corrected chi connectivity index (χ2v) is 5.11. The van der Waals surface area contributed by atoms with Gasteiger partial charge in [0.25, 0.3) is 0 Å². The van der Waals surface area contributed by atoms with Gasteiger partial charge < -0.3 is 10.1 Å². The van der Waals surface area contributed by atoms with E-state index in [1.807, 2.05) is 0 Å². The van der Waals surface area contributed by atoms with Gasteiger partial charge in [-0.15, -0.1) is 0 Å². The second-order valence-electron chi connectivity index (χ2n) is 5.11. The summed E-state index contributed by atoms with van der Waals surface area (Å²) in [5, 5.41) is 3.79. The summed E-state index contributed by atoms with van der Waals surface area (Å²) in [7, 11) is 0. The molecule has 0 aromatic carbocycles. The van der Waals surface area contributed by atoms with Crippen molar-refractivity contribution in [2.75, 3.05) is 6.61 Å². The first-order valence-electron chi connectivity index (χ1n) is 6.64. The fourth-order valence-corrected chi connectivity index (χ4v) is 3.15. The molecule has 88 valence electrons. The monoisotopic (exact) mass is 211 g/mol. The lowest BCUT2D eigenvalue weighted by Crippen LogP contribution is -2.63. The highest BCUT2D eigenvalue weighted by molar-refractivity contribution is 5.08. The van der Waals surface area contributed by atoms with Crippen LogP contribution >= 0.6 is 0 Å². The van der Waals surface area contributed by atoms with Crippen molar-refractivity contribution in [1.82, 2.24) is 5.32 Å². The zero-order valence-electron chi connectivity index (χ0n) is 10.4. The van der Waals surface area contributed by atoms with Crippen molar-refractivity contribution in [1.29, 1.82) is 0 Å². The van der Waals surface area contributed by atoms with Gasteiger partial charge in [0.15, 0.2) is 0 Å². The van der Waals surface area contributed by atoms with E-state index in [4.69, 9.17) is 4.74 Å². The summed E-state index contributed by atoms with van der Waals surface area (Å²) in [6, 6.07) is 1.55. The molecular formula is C13H25NO. The molecule has 2 unspecified atom stereocenters. The Morgan fingerprint density at radius 3 is 2.33 bits per heavy atom. The number of rotatable bonds is 6. The van der Waals surface area contributed by atoms with E-state index >= 15 is 0 Å². The molecule has 15 heavy (non-hydrogen) atoms. The zero-order chi connectivity index (χ0) is 10.9. The van der Waals surface area contributed by atoms with E-state index in [-0.39, 0.29) is 0 Å². The maximum Gasteiger partial charge on any atom is 0.0660 e. The first-order valence-corrected chi connectivity index (χ1v) is 6.64. The van der Waals surface area contributed by atoms with Gasteiger partial charge in [0.1, 0.15) is 0 Å². The van der Waals surface area contributed by atoms with Gasteiger partial charge in [-0.2, -0.15) is 0 Å². The van der Waals surface area contributed by atoms with Crippen molar-refractivity contribution in [3.05, 3.63) is 0 Å². The molecule has 2 aliphatic carbocycles. The van der Waals surface area contributed by atoms with E-state index in [1.165, 1.54) is 32.1 Å². The maximum atomic E-state index is 5.87. The van der Waals surface area contributed by atoms with Crippen LogP contribution in [0.2, 0.25) is 0 Å². The normalized spacial score (nSPS) is 33.8. The summed E-state index contributed by atoms with van der Waals surface area (Å²) in [5.74, 6) is 0. The van der Waals surface area contributed by atoms with Crippen LogP contribution in [0, 0.1) is 5.41 Å². The summed E-state index contributed by atoms with van der Waals surface area (Å²) >= 11 is 0. The highest BCUT2D eigenvalue weighted by Crippen LogP contribution is 2.49. The van der Waals surface area contributed by atoms with Gasteiger partial charge in [-0.1, -0.05) is 13.8 Å². The lowest BCUT2D eigenvalue weighted by atomic mass is 9.58. The third-order valence-electron chi connectivity index (χ3n) is 4.48. The van der Waals surface area contributed by atoms with Gasteiger partial charge in [0.05, 0.1) is 6.10 Å². The number of nitrogens with one attached hydrogen (secondary N) is 1. The van der Waals surface area contributed by atoms with Crippen molar-refractivity contribution in [2.24, 2.45) is 5.41 Å². The summed E-state index contributed by atoms with van der Waals surface area (Å²) in [5.41, 5.74) is 0.429. The van der Waals surface area contributed by atoms with Crippen LogP contribution in [0.1, 0.15) is 52.9 Å². The van der Waals surface area contributed by atoms with Crippen molar-refractivity contribution in [2.45, 2.75) is 71.1 Å². The number of hydrogen-bond donors (Lipinski definition) is 1. The molecule has 2 fully saturated rings. The van der Waals surface area contributed by atoms with E-state index in [2.05, 4.69) is 26.1 Å². The van der Waals surface area contributed by atoms with E-state index in [9.17, 15) is 0 Å². The van der Waals surface area contributed by atoms with E-state index in [1.54, 1.807) is 0 Å². The van der Waals surface area contributed by atoms with Crippen molar-refractivity contribution < 1.29 is 4.74 Å². The van der Waals surface area contributed by atoms with Gasteiger partial charge in [0.2, 0.25) is 0 Å². The summed E-state index contributed by atoms with van der Waals surface area (Å²) < 4.78 is 5.87. The molecule has 0 radical (unpaired) electrons. The minimum Gasteiger partial charge on any atom is -0.378 e. The predicted molar refractivity (Wildman–Crippen MR) is 63.0 cm³/mol. The van der Waals surface area contributed by atoms with Crippen molar-refractivity contribution in [3.8, 4) is 0 Å². The summed E-state index contributed by atoms with van der Waals surface area (Å²) in [4.78, 5) is 0. The summed E-state index contributed by atoms with van der Waals surface area (Å²) in [6.07, 6.45) is 7.01. The number of hydrogen-bond acceptors (Lipinski definition) is 2. The third-order valence-corrected chi connectivity index (χ3v) is 4.48. The lowest BCUT2D eigenvalue weighted by molar-refractivity contribution is -0.138. The fourth-order valence-electron chi connectivity index (χ4n) is 3.15. The Morgan fingerprint density at radius 1 is 1.20 bits per heavy atom. The van der Waals surface area contributed by atoms with E-state index in [0.717, 1.165) is 18.7 Å². The molecule has 2 atom stereocenters. The molecule has 0 aromatic rings. The predicted octanol–water partition coefficient (Wildman–Crippen LogP) is 2.72. The Morgan fingerprint density at radius 2 is 1.87 bits per heavy atom. The van der Waals surface area contributed by atoms with E-state index in [0.29, 0.717) is 11.5 Å². The van der Waals surface area contributed by atoms with Gasteiger partial charge in [-0.05, 0) is 39.0 Å². The molecule has 0 aromatic heterocycles. The van der Waals surface area contributed by atoms with Crippen LogP contribution in [0.15, 0.2) is 0 Å². The average molecular weight is 211 g/mol. The van der Waals surface area contributed by atoms with Crippen LogP contribution in [0.25, 0.3) is 0 Å². The largest absolute Gasteiger partial charge is 0.378 e. The molecule has 0 bridgehead atoms. The van der Waals surface area contributed by atoms with Gasteiger partial charge in [-0.3, -0.25) is 0 Å². The topological polar surface area (TPSA) is 21.3 Å². The van der Waals surface area contributed by atoms with Crippen molar-refractivity contribution in [3.63, 3.8) is 0 Å². The quantitative estimate of drug-likeness (QED) is 0.729. The molecule has 0 aliphatic heterocycles. The Balaban J connectivity index is 1.95. The summed E-state index contributed by atoms with van der Waals surface area (Å²) in [6.45, 7) is 7.60. The molecule has 2 saturated carbocycles. The molecular weight excluding hydrogens is 186 g/mol. The smallest absolute Gasteiger partial charge is 0.0660 e. The van der Waals surface area contributed by atoms with Crippen LogP contribution in [-0.4, -0.2) is 24.8 Å². The van der Waals surface area contributed by atoms with Gasteiger partial charge in [-0.25, -0.2) is 0 Å². The SMILES string of the molecule is CCOC1CC(NC2CC2)C1(CC)CC. The zero-order valence-corrected chi connectivity index (χ0v) is 10.4. The standard InChI is InChI=1S/C13H25NO/c1-4-13(5-2)11(14-10-7-8-10)9-12(13)15-6-3/h10-12,14H,4-9H2,1-3H3. The molecule has 2 heteroatoms. The molecule has 0 heterocycles. The highest BCUT2D eigenvalue weighted by Gasteiger charge is 2.54. The fraction of sp³-hybridized carbons (Fsp3) is 1.00. The molecule has 2 rings (SSSR count). The lowest BCUT2D eigenvalue weighted by Gasteiger charge is -2.55. The average Bonchev–Trinajstić information content (AvgIpc) is 3.02. The van der Waals surface area contributed by atoms with Crippen molar-refractivity contribution >= 4 is 0 Å². The van der Waals surface area contributed by atoms with Gasteiger partial charge in [0, 0.05) is 24.1 Å². The van der Waals surface area contributed by atoms with Crippen LogP contribution in [0.4, 0.5) is 0 Å². The van der Waals surface area contributed by atoms with Crippen LogP contribution in [-0.2, 0) is 4.74 Å². The Kier molecular flexibility index (Phi) is 3.36. The molecule has 1 N–H and O–H groups in total. The minimum atomic E-state index is 0.429.